The summed E-state index contributed by atoms with van der Waals surface area (Å²) in [5, 5.41) is 0. The summed E-state index contributed by atoms with van der Waals surface area (Å²) in [6.45, 7) is 6.51. The van der Waals surface area contributed by atoms with Crippen molar-refractivity contribution in [2.24, 2.45) is 0 Å². The van der Waals surface area contributed by atoms with Gasteiger partial charge in [0.2, 0.25) is 0 Å². The Hall–Kier alpha value is -3.30. The number of nitrogens with zero attached hydrogens (tertiary/aromatic N) is 2. The number of rotatable bonds is 2. The third-order valence-electron chi connectivity index (χ3n) is 9.52. The number of esters is 1. The number of likely N-dealkylation sites (tertiary alicyclic amines) is 1. The molecular weight excluding hydrogens is 464 g/mol. The number of benzene rings is 2. The van der Waals surface area contributed by atoms with Gasteiger partial charge in [0.1, 0.15) is 17.5 Å². The summed E-state index contributed by atoms with van der Waals surface area (Å²) >= 11 is 0. The van der Waals surface area contributed by atoms with Crippen LogP contribution in [-0.4, -0.2) is 66.1 Å². The van der Waals surface area contributed by atoms with Crippen LogP contribution in [0.4, 0.5) is 0 Å². The zero-order valence-electron chi connectivity index (χ0n) is 22.3. The lowest BCUT2D eigenvalue weighted by Crippen LogP contribution is -2.78. The normalized spacial score (nSPS) is 30.9. The Morgan fingerprint density at radius 3 is 2.73 bits per heavy atom. The van der Waals surface area contributed by atoms with Gasteiger partial charge in [-0.3, -0.25) is 14.5 Å². The van der Waals surface area contributed by atoms with Gasteiger partial charge in [-0.05, 0) is 88.0 Å². The van der Waals surface area contributed by atoms with Crippen molar-refractivity contribution in [2.75, 3.05) is 20.6 Å². The molecule has 0 aromatic heterocycles. The molecule has 2 aliphatic heterocycles. The first kappa shape index (κ1) is 24.1. The maximum absolute atomic E-state index is 13.4. The van der Waals surface area contributed by atoms with Gasteiger partial charge in [-0.15, -0.1) is 0 Å². The molecule has 2 bridgehead atoms. The molecule has 2 heterocycles. The fraction of sp³-hybridized carbons (Fsp3) is 0.484. The van der Waals surface area contributed by atoms with Crippen LogP contribution < -0.4 is 4.74 Å². The molecular formula is C31H34N2O4. The number of hydrogen-bond acceptors (Lipinski definition) is 5. The van der Waals surface area contributed by atoms with E-state index in [2.05, 4.69) is 42.8 Å². The predicted molar refractivity (Wildman–Crippen MR) is 140 cm³/mol. The largest absolute Gasteiger partial charge is 0.487 e. The van der Waals surface area contributed by atoms with Crippen molar-refractivity contribution in [1.29, 1.82) is 0 Å². The first-order valence-electron chi connectivity index (χ1n) is 13.2. The van der Waals surface area contributed by atoms with Gasteiger partial charge in [0.25, 0.3) is 5.91 Å². The summed E-state index contributed by atoms with van der Waals surface area (Å²) in [7, 11) is 3.96. The molecule has 192 valence electrons. The average Bonchev–Trinajstić information content (AvgIpc) is 3.21. The summed E-state index contributed by atoms with van der Waals surface area (Å²) in [4.78, 5) is 30.0. The molecule has 0 radical (unpaired) electrons. The van der Waals surface area contributed by atoms with Crippen LogP contribution >= 0.6 is 0 Å². The third-order valence-corrected chi connectivity index (χ3v) is 9.52. The highest BCUT2D eigenvalue weighted by Crippen LogP contribution is 2.65. The second-order valence-corrected chi connectivity index (χ2v) is 11.3. The second-order valence-electron chi connectivity index (χ2n) is 11.3. The minimum atomic E-state index is -0.679. The van der Waals surface area contributed by atoms with Crippen LogP contribution in [0.5, 0.6) is 5.75 Å². The van der Waals surface area contributed by atoms with E-state index in [0.29, 0.717) is 12.8 Å². The zero-order chi connectivity index (χ0) is 26.1. The molecule has 37 heavy (non-hydrogen) atoms. The van der Waals surface area contributed by atoms with Crippen molar-refractivity contribution in [1.82, 2.24) is 9.80 Å². The number of aryl methyl sites for hydroxylation is 2. The summed E-state index contributed by atoms with van der Waals surface area (Å²) in [5.41, 5.74) is 4.48. The maximum atomic E-state index is 13.4. The number of carbonyl (C=O) groups is 2. The number of ether oxygens (including phenoxy) is 2. The van der Waals surface area contributed by atoms with Crippen LogP contribution in [0, 0.1) is 25.7 Å². The highest BCUT2D eigenvalue weighted by molar-refractivity contribution is 5.94. The molecule has 1 saturated heterocycles. The first-order valence-corrected chi connectivity index (χ1v) is 13.2. The van der Waals surface area contributed by atoms with Crippen LogP contribution in [0.1, 0.15) is 54.0 Å². The molecule has 6 rings (SSSR count). The quantitative estimate of drug-likeness (QED) is 0.468. The van der Waals surface area contributed by atoms with Crippen molar-refractivity contribution in [2.45, 2.75) is 75.7 Å². The Kier molecular flexibility index (Phi) is 5.44. The van der Waals surface area contributed by atoms with E-state index in [4.69, 9.17) is 9.47 Å². The molecule has 6 heteroatoms. The Bertz CT molecular complexity index is 1370. The van der Waals surface area contributed by atoms with E-state index >= 15 is 0 Å². The van der Waals surface area contributed by atoms with Crippen molar-refractivity contribution in [3.63, 3.8) is 0 Å². The Labute approximate surface area is 218 Å². The molecule has 4 aliphatic rings. The molecule has 0 N–H and O–H groups in total. The van der Waals surface area contributed by atoms with Crippen LogP contribution in [0.2, 0.25) is 0 Å². The average molecular weight is 499 g/mol. The minimum absolute atomic E-state index is 0.0728. The van der Waals surface area contributed by atoms with E-state index in [1.165, 1.54) is 23.6 Å². The van der Waals surface area contributed by atoms with E-state index in [9.17, 15) is 9.59 Å². The molecule has 0 unspecified atom stereocenters. The molecule has 6 nitrogen and oxygen atoms in total. The number of piperidine rings is 1. The maximum Gasteiger partial charge on any atom is 0.303 e. The fourth-order valence-corrected chi connectivity index (χ4v) is 7.71. The van der Waals surface area contributed by atoms with E-state index in [1.807, 2.05) is 38.2 Å². The monoisotopic (exact) mass is 498 g/mol. The third kappa shape index (κ3) is 3.30. The van der Waals surface area contributed by atoms with Gasteiger partial charge in [0.05, 0.1) is 17.5 Å². The zero-order valence-corrected chi connectivity index (χ0v) is 22.3. The van der Waals surface area contributed by atoms with Gasteiger partial charge in [-0.1, -0.05) is 24.1 Å². The lowest BCUT2D eigenvalue weighted by molar-refractivity contribution is -0.220. The van der Waals surface area contributed by atoms with Gasteiger partial charge in [0, 0.05) is 31.0 Å². The van der Waals surface area contributed by atoms with Crippen LogP contribution in [0.15, 0.2) is 36.4 Å². The van der Waals surface area contributed by atoms with E-state index in [1.54, 1.807) is 4.90 Å². The summed E-state index contributed by atoms with van der Waals surface area (Å²) < 4.78 is 13.1. The summed E-state index contributed by atoms with van der Waals surface area (Å²) in [6.07, 6.45) is 2.70. The van der Waals surface area contributed by atoms with Crippen LogP contribution in [0.3, 0.4) is 0 Å². The molecule has 2 aromatic carbocycles. The fourth-order valence-electron chi connectivity index (χ4n) is 7.71. The SMILES string of the molecule is CC(=O)O[C@@]12CC[C@H](N(C)C(=O)C#Cc3ccc(C)c(C)c3)[C@@H]3Oc4cccc5c4[C@@]31CCN(C)[C@@H]2C5. The van der Waals surface area contributed by atoms with Gasteiger partial charge in [0.15, 0.2) is 0 Å². The van der Waals surface area contributed by atoms with Gasteiger partial charge >= 0.3 is 5.97 Å². The minimum Gasteiger partial charge on any atom is -0.487 e. The Morgan fingerprint density at radius 1 is 1.16 bits per heavy atom. The van der Waals surface area contributed by atoms with Gasteiger partial charge in [-0.25, -0.2) is 0 Å². The van der Waals surface area contributed by atoms with Gasteiger partial charge in [-0.2, -0.15) is 0 Å². The van der Waals surface area contributed by atoms with E-state index in [-0.39, 0.29) is 30.1 Å². The highest BCUT2D eigenvalue weighted by Gasteiger charge is 2.75. The smallest absolute Gasteiger partial charge is 0.303 e. The number of hydrogen-bond donors (Lipinski definition) is 0. The second kappa shape index (κ2) is 8.36. The first-order chi connectivity index (χ1) is 17.7. The van der Waals surface area contributed by atoms with Crippen molar-refractivity contribution < 1.29 is 19.1 Å². The lowest BCUT2D eigenvalue weighted by Gasteiger charge is -2.65. The molecule has 2 fully saturated rings. The summed E-state index contributed by atoms with van der Waals surface area (Å²) in [6, 6.07) is 12.2. The number of carbonyl (C=O) groups excluding carboxylic acids is 2. The van der Waals surface area contributed by atoms with E-state index in [0.717, 1.165) is 36.3 Å². The number of amides is 1. The van der Waals surface area contributed by atoms with Gasteiger partial charge < -0.3 is 14.4 Å². The lowest BCUT2D eigenvalue weighted by atomic mass is 9.48. The molecule has 5 atom stereocenters. The molecule has 1 spiro atoms. The summed E-state index contributed by atoms with van der Waals surface area (Å²) in [5.74, 6) is 6.32. The molecule has 2 aliphatic carbocycles. The van der Waals surface area contributed by atoms with Crippen LogP contribution in [0.25, 0.3) is 0 Å². The molecule has 2 aromatic rings. The van der Waals surface area contributed by atoms with Crippen LogP contribution in [-0.2, 0) is 26.2 Å². The van der Waals surface area contributed by atoms with Crippen molar-refractivity contribution >= 4 is 11.9 Å². The topological polar surface area (TPSA) is 59.1 Å². The molecule has 1 saturated carbocycles. The number of likely N-dealkylation sites (N-methyl/N-ethyl adjacent to an activating group) is 2. The van der Waals surface area contributed by atoms with E-state index < -0.39 is 11.0 Å². The Balaban J connectivity index is 1.40. The Morgan fingerprint density at radius 2 is 1.97 bits per heavy atom. The standard InChI is InChI=1S/C31H34N2O4/c1-19-9-10-22(17-20(19)2)11-12-27(35)33(5)24-13-14-31(37-21(3)34)26-18-23-7-6-8-25-28(23)30(31,29(24)36-25)15-16-32(26)4/h6-10,17,24,26,29H,13-16,18H2,1-5H3/t24-,26+,29-,30-,31+/m0/s1. The highest BCUT2D eigenvalue weighted by atomic mass is 16.6. The predicted octanol–water partition coefficient (Wildman–Crippen LogP) is 3.54. The van der Waals surface area contributed by atoms with Crippen molar-refractivity contribution in [3.8, 4) is 17.6 Å². The van der Waals surface area contributed by atoms with Crippen molar-refractivity contribution in [3.05, 3.63) is 64.2 Å². The molecule has 1 amide bonds.